The fourth-order valence-electron chi connectivity index (χ4n) is 1.26. The molecule has 0 fully saturated rings. The number of rotatable bonds is 1. The molecule has 0 amide bonds. The zero-order valence-electron chi connectivity index (χ0n) is 7.50. The van der Waals surface area contributed by atoms with E-state index in [0.29, 0.717) is 11.3 Å². The first-order valence-corrected chi connectivity index (χ1v) is 4.15. The third kappa shape index (κ3) is 1.59. The Morgan fingerprint density at radius 3 is 2.67 bits per heavy atom. The molecule has 15 heavy (non-hydrogen) atoms. The lowest BCUT2D eigenvalue weighted by Gasteiger charge is -2.00. The minimum Gasteiger partial charge on any atom is -0.464 e. The minimum atomic E-state index is -1.13. The molecule has 0 saturated carbocycles. The fraction of sp³-hybridized carbons (Fsp3) is 0. The van der Waals surface area contributed by atoms with Gasteiger partial charge in [0.2, 0.25) is 0 Å². The van der Waals surface area contributed by atoms with Gasteiger partial charge in [-0.05, 0) is 24.3 Å². The first kappa shape index (κ1) is 9.41. The van der Waals surface area contributed by atoms with Gasteiger partial charge in [0.15, 0.2) is 11.6 Å². The van der Waals surface area contributed by atoms with Gasteiger partial charge in [0.05, 0.1) is 11.8 Å². The van der Waals surface area contributed by atoms with Gasteiger partial charge in [-0.15, -0.1) is 0 Å². The molecule has 1 aromatic carbocycles. The lowest BCUT2D eigenvalue weighted by atomic mass is 10.1. The van der Waals surface area contributed by atoms with Crippen LogP contribution in [0.3, 0.4) is 0 Å². The largest absolute Gasteiger partial charge is 0.464 e. The molecule has 2 nitrogen and oxygen atoms in total. The Labute approximate surface area is 84.4 Å². The summed E-state index contributed by atoms with van der Waals surface area (Å²) in [5.41, 5.74) is 0.0110. The van der Waals surface area contributed by atoms with E-state index in [9.17, 15) is 8.78 Å². The van der Waals surface area contributed by atoms with Crippen molar-refractivity contribution in [3.8, 4) is 17.4 Å². The molecule has 2 rings (SSSR count). The molecule has 0 N–H and O–H groups in total. The summed E-state index contributed by atoms with van der Waals surface area (Å²) in [5.74, 6) is -1.79. The van der Waals surface area contributed by atoms with Crippen molar-refractivity contribution in [1.29, 1.82) is 5.26 Å². The van der Waals surface area contributed by atoms with Crippen molar-refractivity contribution in [2.45, 2.75) is 0 Å². The van der Waals surface area contributed by atoms with E-state index < -0.39 is 11.6 Å². The van der Waals surface area contributed by atoms with Crippen molar-refractivity contribution < 1.29 is 13.2 Å². The number of halogens is 2. The van der Waals surface area contributed by atoms with Crippen LogP contribution in [0, 0.1) is 23.0 Å². The summed E-state index contributed by atoms with van der Waals surface area (Å²) >= 11 is 0. The van der Waals surface area contributed by atoms with Crippen LogP contribution in [0.4, 0.5) is 8.78 Å². The molecule has 0 saturated heterocycles. The molecule has 0 spiro atoms. The smallest absolute Gasteiger partial charge is 0.176 e. The van der Waals surface area contributed by atoms with Gasteiger partial charge in [-0.25, -0.2) is 8.78 Å². The number of nitriles is 1. The highest BCUT2D eigenvalue weighted by atomic mass is 19.2. The number of hydrogen-bond donors (Lipinski definition) is 0. The third-order valence-electron chi connectivity index (χ3n) is 1.95. The van der Waals surface area contributed by atoms with Crippen LogP contribution in [0.1, 0.15) is 5.56 Å². The summed E-state index contributed by atoms with van der Waals surface area (Å²) in [6.07, 6.45) is 1.42. The van der Waals surface area contributed by atoms with E-state index in [0.717, 1.165) is 6.07 Å². The monoisotopic (exact) mass is 205 g/mol. The Morgan fingerprint density at radius 2 is 2.07 bits per heavy atom. The van der Waals surface area contributed by atoms with Crippen LogP contribution in [-0.2, 0) is 0 Å². The van der Waals surface area contributed by atoms with Crippen molar-refractivity contribution in [1.82, 2.24) is 0 Å². The van der Waals surface area contributed by atoms with Crippen molar-refractivity contribution in [3.05, 3.63) is 47.7 Å². The second-order valence-electron chi connectivity index (χ2n) is 2.91. The molecule has 2 aromatic rings. The van der Waals surface area contributed by atoms with E-state index >= 15 is 0 Å². The molecule has 0 atom stereocenters. The van der Waals surface area contributed by atoms with Crippen LogP contribution in [0.15, 0.2) is 34.9 Å². The Hall–Kier alpha value is -2.15. The second kappa shape index (κ2) is 3.54. The summed E-state index contributed by atoms with van der Waals surface area (Å²) in [6.45, 7) is 0. The quantitative estimate of drug-likeness (QED) is 0.717. The molecule has 1 heterocycles. The van der Waals surface area contributed by atoms with Gasteiger partial charge in [-0.2, -0.15) is 5.26 Å². The Balaban J connectivity index is 2.62. The van der Waals surface area contributed by atoms with Crippen LogP contribution in [0.25, 0.3) is 11.3 Å². The van der Waals surface area contributed by atoms with E-state index in [1.165, 1.54) is 12.3 Å². The van der Waals surface area contributed by atoms with E-state index in [4.69, 9.17) is 9.68 Å². The van der Waals surface area contributed by atoms with Crippen LogP contribution in [-0.4, -0.2) is 0 Å². The number of benzene rings is 1. The maximum atomic E-state index is 13.1. The maximum Gasteiger partial charge on any atom is 0.176 e. The molecule has 0 aliphatic carbocycles. The van der Waals surface area contributed by atoms with E-state index in [1.807, 2.05) is 0 Å². The average Bonchev–Trinajstić information content (AvgIpc) is 2.75. The fourth-order valence-corrected chi connectivity index (χ4v) is 1.26. The molecular formula is C11H5F2NO. The zero-order chi connectivity index (χ0) is 10.8. The van der Waals surface area contributed by atoms with Gasteiger partial charge in [0, 0.05) is 5.56 Å². The lowest BCUT2D eigenvalue weighted by molar-refractivity contribution is 0.505. The third-order valence-corrected chi connectivity index (χ3v) is 1.95. The molecule has 1 aromatic heterocycles. The standard InChI is InChI=1S/C11H5F2NO/c12-9-5-7(10-2-1-3-15-10)4-8(6-14)11(9)13/h1-5H. The molecular weight excluding hydrogens is 200 g/mol. The summed E-state index contributed by atoms with van der Waals surface area (Å²) in [6, 6.07) is 7.06. The van der Waals surface area contributed by atoms with Gasteiger partial charge >= 0.3 is 0 Å². The van der Waals surface area contributed by atoms with Crippen LogP contribution >= 0.6 is 0 Å². The predicted molar refractivity (Wildman–Crippen MR) is 48.8 cm³/mol. The molecule has 0 bridgehead atoms. The Kier molecular flexibility index (Phi) is 2.22. The average molecular weight is 205 g/mol. The van der Waals surface area contributed by atoms with Crippen molar-refractivity contribution in [2.24, 2.45) is 0 Å². The van der Waals surface area contributed by atoms with Crippen LogP contribution in [0.2, 0.25) is 0 Å². The zero-order valence-corrected chi connectivity index (χ0v) is 7.50. The van der Waals surface area contributed by atoms with Gasteiger partial charge in [0.1, 0.15) is 11.8 Å². The minimum absolute atomic E-state index is 0.332. The van der Waals surface area contributed by atoms with Crippen LogP contribution in [0.5, 0.6) is 0 Å². The van der Waals surface area contributed by atoms with Gasteiger partial charge in [-0.3, -0.25) is 0 Å². The Morgan fingerprint density at radius 1 is 1.27 bits per heavy atom. The van der Waals surface area contributed by atoms with Gasteiger partial charge in [0.25, 0.3) is 0 Å². The van der Waals surface area contributed by atoms with Crippen molar-refractivity contribution in [3.63, 3.8) is 0 Å². The number of furan rings is 1. The summed E-state index contributed by atoms with van der Waals surface area (Å²) in [4.78, 5) is 0. The predicted octanol–water partition coefficient (Wildman–Crippen LogP) is 3.10. The highest BCUT2D eigenvalue weighted by Gasteiger charge is 2.12. The molecule has 4 heteroatoms. The molecule has 0 unspecified atom stereocenters. The van der Waals surface area contributed by atoms with E-state index in [1.54, 1.807) is 18.2 Å². The van der Waals surface area contributed by atoms with Gasteiger partial charge in [-0.1, -0.05) is 0 Å². The molecule has 0 aliphatic rings. The molecule has 74 valence electrons. The number of nitrogens with zero attached hydrogens (tertiary/aromatic N) is 1. The summed E-state index contributed by atoms with van der Waals surface area (Å²) in [7, 11) is 0. The first-order valence-electron chi connectivity index (χ1n) is 4.15. The number of hydrogen-bond acceptors (Lipinski definition) is 2. The second-order valence-corrected chi connectivity index (χ2v) is 2.91. The highest BCUT2D eigenvalue weighted by Crippen LogP contribution is 2.24. The molecule has 0 radical (unpaired) electrons. The topological polar surface area (TPSA) is 36.9 Å². The summed E-state index contributed by atoms with van der Waals surface area (Å²) in [5, 5.41) is 8.58. The van der Waals surface area contributed by atoms with E-state index in [2.05, 4.69) is 0 Å². The molecule has 0 aliphatic heterocycles. The highest BCUT2D eigenvalue weighted by molar-refractivity contribution is 5.60. The maximum absolute atomic E-state index is 13.1. The lowest BCUT2D eigenvalue weighted by Crippen LogP contribution is -1.91. The Bertz CT molecular complexity index is 526. The van der Waals surface area contributed by atoms with Crippen molar-refractivity contribution >= 4 is 0 Å². The SMILES string of the molecule is N#Cc1cc(-c2ccco2)cc(F)c1F. The first-order chi connectivity index (χ1) is 7.22. The normalized spacial score (nSPS) is 9.93. The van der Waals surface area contributed by atoms with Crippen LogP contribution < -0.4 is 0 Å². The van der Waals surface area contributed by atoms with Gasteiger partial charge < -0.3 is 4.42 Å². The summed E-state index contributed by atoms with van der Waals surface area (Å²) < 4.78 is 31.1. The van der Waals surface area contributed by atoms with E-state index in [-0.39, 0.29) is 5.56 Å². The van der Waals surface area contributed by atoms with Crippen molar-refractivity contribution in [2.75, 3.05) is 0 Å².